The molecule has 0 radical (unpaired) electrons. The van der Waals surface area contributed by atoms with Crippen LogP contribution in [0.5, 0.6) is 0 Å². The number of hydrogen-bond donors (Lipinski definition) is 1. The summed E-state index contributed by atoms with van der Waals surface area (Å²) in [7, 11) is 2.05. The first-order chi connectivity index (χ1) is 7.10. The van der Waals surface area contributed by atoms with E-state index in [0.29, 0.717) is 5.92 Å². The van der Waals surface area contributed by atoms with E-state index >= 15 is 0 Å². The molecule has 0 aliphatic rings. The number of aliphatic hydroxyl groups excluding tert-OH is 1. The maximum atomic E-state index is 9.24. The van der Waals surface area contributed by atoms with Gasteiger partial charge in [-0.1, -0.05) is 32.1 Å². The van der Waals surface area contributed by atoms with Gasteiger partial charge in [-0.3, -0.25) is 0 Å². The third-order valence-electron chi connectivity index (χ3n) is 2.29. The Balaban J connectivity index is 2.91. The molecule has 1 heterocycles. The zero-order chi connectivity index (χ0) is 11.4. The SMILES string of the molecule is CCCN(C)c1nc(C(C)C)c(CO)s1. The van der Waals surface area contributed by atoms with Crippen LogP contribution in [0.4, 0.5) is 5.13 Å². The van der Waals surface area contributed by atoms with Crippen molar-refractivity contribution in [1.29, 1.82) is 0 Å². The van der Waals surface area contributed by atoms with Gasteiger partial charge < -0.3 is 10.0 Å². The van der Waals surface area contributed by atoms with Crippen molar-refractivity contribution in [3.63, 3.8) is 0 Å². The van der Waals surface area contributed by atoms with E-state index in [1.807, 2.05) is 7.05 Å². The zero-order valence-corrected chi connectivity index (χ0v) is 10.8. The highest BCUT2D eigenvalue weighted by Gasteiger charge is 2.15. The Kier molecular flexibility index (Phi) is 4.54. The number of aliphatic hydroxyl groups is 1. The van der Waals surface area contributed by atoms with Crippen LogP contribution in [0, 0.1) is 0 Å². The molecule has 0 atom stereocenters. The van der Waals surface area contributed by atoms with Crippen LogP contribution < -0.4 is 4.90 Å². The summed E-state index contributed by atoms with van der Waals surface area (Å²) in [4.78, 5) is 7.73. The van der Waals surface area contributed by atoms with Crippen LogP contribution >= 0.6 is 11.3 Å². The summed E-state index contributed by atoms with van der Waals surface area (Å²) >= 11 is 1.60. The molecule has 0 unspecified atom stereocenters. The van der Waals surface area contributed by atoms with Gasteiger partial charge in [0.25, 0.3) is 0 Å². The van der Waals surface area contributed by atoms with E-state index < -0.39 is 0 Å². The lowest BCUT2D eigenvalue weighted by Crippen LogP contribution is -2.17. The fraction of sp³-hybridized carbons (Fsp3) is 0.727. The summed E-state index contributed by atoms with van der Waals surface area (Å²) < 4.78 is 0. The molecule has 0 fully saturated rings. The van der Waals surface area contributed by atoms with Gasteiger partial charge in [0.15, 0.2) is 5.13 Å². The highest BCUT2D eigenvalue weighted by atomic mass is 32.1. The van der Waals surface area contributed by atoms with Crippen molar-refractivity contribution in [3.8, 4) is 0 Å². The topological polar surface area (TPSA) is 36.4 Å². The number of anilines is 1. The molecule has 0 saturated carbocycles. The molecule has 0 saturated heterocycles. The van der Waals surface area contributed by atoms with Crippen LogP contribution in [0.1, 0.15) is 43.7 Å². The third kappa shape index (κ3) is 2.92. The lowest BCUT2D eigenvalue weighted by atomic mass is 10.1. The first-order valence-electron chi connectivity index (χ1n) is 5.41. The average Bonchev–Trinajstić information content (AvgIpc) is 2.61. The van der Waals surface area contributed by atoms with Gasteiger partial charge in [-0.15, -0.1) is 0 Å². The van der Waals surface area contributed by atoms with Gasteiger partial charge in [0.1, 0.15) is 0 Å². The molecule has 0 aliphatic heterocycles. The molecule has 3 nitrogen and oxygen atoms in total. The normalized spacial score (nSPS) is 11.1. The maximum absolute atomic E-state index is 9.24. The lowest BCUT2D eigenvalue weighted by Gasteiger charge is -2.13. The van der Waals surface area contributed by atoms with Crippen molar-refractivity contribution in [1.82, 2.24) is 4.98 Å². The fourth-order valence-electron chi connectivity index (χ4n) is 1.51. The molecule has 0 aromatic carbocycles. The summed E-state index contributed by atoms with van der Waals surface area (Å²) in [6.07, 6.45) is 1.11. The summed E-state index contributed by atoms with van der Waals surface area (Å²) in [5.41, 5.74) is 1.04. The largest absolute Gasteiger partial charge is 0.391 e. The van der Waals surface area contributed by atoms with Gasteiger partial charge in [-0.05, 0) is 12.3 Å². The van der Waals surface area contributed by atoms with Crippen molar-refractivity contribution in [2.24, 2.45) is 0 Å². The van der Waals surface area contributed by atoms with Gasteiger partial charge in [0.05, 0.1) is 17.2 Å². The van der Waals surface area contributed by atoms with Gasteiger partial charge in [-0.25, -0.2) is 4.98 Å². The van der Waals surface area contributed by atoms with Crippen molar-refractivity contribution in [3.05, 3.63) is 10.6 Å². The second-order valence-electron chi connectivity index (χ2n) is 4.04. The molecule has 1 N–H and O–H groups in total. The molecule has 4 heteroatoms. The van der Waals surface area contributed by atoms with Crippen molar-refractivity contribution >= 4 is 16.5 Å². The van der Waals surface area contributed by atoms with E-state index in [1.165, 1.54) is 0 Å². The Hall–Kier alpha value is -0.610. The predicted octanol–water partition coefficient (Wildman–Crippen LogP) is 2.61. The van der Waals surface area contributed by atoms with Crippen LogP contribution in [0.2, 0.25) is 0 Å². The molecular weight excluding hydrogens is 208 g/mol. The number of rotatable bonds is 5. The Labute approximate surface area is 95.8 Å². The maximum Gasteiger partial charge on any atom is 0.185 e. The first-order valence-corrected chi connectivity index (χ1v) is 6.23. The van der Waals surface area contributed by atoms with E-state index in [0.717, 1.165) is 28.7 Å². The molecule has 1 rings (SSSR count). The third-order valence-corrected chi connectivity index (χ3v) is 3.46. The van der Waals surface area contributed by atoms with Gasteiger partial charge in [0, 0.05) is 13.6 Å². The fourth-order valence-corrected chi connectivity index (χ4v) is 2.57. The lowest BCUT2D eigenvalue weighted by molar-refractivity contribution is 0.283. The standard InChI is InChI=1S/C11H20N2OS/c1-5-6-13(4)11-12-10(8(2)3)9(7-14)15-11/h8,14H,5-7H2,1-4H3. The molecule has 0 bridgehead atoms. The first kappa shape index (κ1) is 12.5. The number of aromatic nitrogens is 1. The quantitative estimate of drug-likeness (QED) is 0.841. The van der Waals surface area contributed by atoms with Crippen molar-refractivity contribution in [2.75, 3.05) is 18.5 Å². The number of thiazole rings is 1. The summed E-state index contributed by atoms with van der Waals surface area (Å²) in [6, 6.07) is 0. The van der Waals surface area contributed by atoms with Crippen LogP contribution in [0.25, 0.3) is 0 Å². The van der Waals surface area contributed by atoms with Gasteiger partial charge in [-0.2, -0.15) is 0 Å². The average molecular weight is 228 g/mol. The van der Waals surface area contributed by atoms with Gasteiger partial charge in [0.2, 0.25) is 0 Å². The molecule has 86 valence electrons. The molecule has 15 heavy (non-hydrogen) atoms. The number of hydrogen-bond acceptors (Lipinski definition) is 4. The predicted molar refractivity (Wildman–Crippen MR) is 65.7 cm³/mol. The minimum Gasteiger partial charge on any atom is -0.391 e. The Bertz CT molecular complexity index is 310. The Morgan fingerprint density at radius 3 is 2.53 bits per heavy atom. The van der Waals surface area contributed by atoms with Crippen LogP contribution in [0.3, 0.4) is 0 Å². The molecule has 0 spiro atoms. The number of nitrogens with zero attached hydrogens (tertiary/aromatic N) is 2. The highest BCUT2D eigenvalue weighted by Crippen LogP contribution is 2.30. The highest BCUT2D eigenvalue weighted by molar-refractivity contribution is 7.15. The Morgan fingerprint density at radius 2 is 2.13 bits per heavy atom. The second-order valence-corrected chi connectivity index (χ2v) is 5.10. The van der Waals surface area contributed by atoms with Gasteiger partial charge >= 0.3 is 0 Å². The smallest absolute Gasteiger partial charge is 0.185 e. The van der Waals surface area contributed by atoms with E-state index in [1.54, 1.807) is 11.3 Å². The summed E-state index contributed by atoms with van der Waals surface area (Å²) in [5.74, 6) is 0.382. The molecule has 1 aromatic rings. The summed E-state index contributed by atoms with van der Waals surface area (Å²) in [5, 5.41) is 10.3. The molecular formula is C11H20N2OS. The van der Waals surface area contributed by atoms with Crippen LogP contribution in [0.15, 0.2) is 0 Å². The van der Waals surface area contributed by atoms with E-state index in [4.69, 9.17) is 0 Å². The van der Waals surface area contributed by atoms with Crippen molar-refractivity contribution in [2.45, 2.75) is 39.7 Å². The minimum atomic E-state index is 0.102. The summed E-state index contributed by atoms with van der Waals surface area (Å²) in [6.45, 7) is 7.48. The van der Waals surface area contributed by atoms with E-state index in [9.17, 15) is 5.11 Å². The zero-order valence-electron chi connectivity index (χ0n) is 9.95. The van der Waals surface area contributed by atoms with E-state index in [2.05, 4.69) is 30.7 Å². The van der Waals surface area contributed by atoms with Crippen molar-refractivity contribution < 1.29 is 5.11 Å². The minimum absolute atomic E-state index is 0.102. The second kappa shape index (κ2) is 5.47. The van der Waals surface area contributed by atoms with Crippen LogP contribution in [-0.4, -0.2) is 23.7 Å². The Morgan fingerprint density at radius 1 is 1.47 bits per heavy atom. The monoisotopic (exact) mass is 228 g/mol. The van der Waals surface area contributed by atoms with Crippen LogP contribution in [-0.2, 0) is 6.61 Å². The molecule has 0 amide bonds. The molecule has 1 aromatic heterocycles. The van der Waals surface area contributed by atoms with E-state index in [-0.39, 0.29) is 6.61 Å². The molecule has 0 aliphatic carbocycles.